The zero-order valence-electron chi connectivity index (χ0n) is 19.3. The molecule has 1 amide bonds. The van der Waals surface area contributed by atoms with Gasteiger partial charge in [-0.15, -0.1) is 0 Å². The van der Waals surface area contributed by atoms with Gasteiger partial charge in [0.25, 0.3) is 0 Å². The van der Waals surface area contributed by atoms with Gasteiger partial charge in [-0.3, -0.25) is 14.4 Å². The Hall–Kier alpha value is -1.59. The van der Waals surface area contributed by atoms with Crippen LogP contribution >= 0.6 is 0 Å². The maximum Gasteiger partial charge on any atom is 0.303 e. The Morgan fingerprint density at radius 1 is 0.667 bits per heavy atom. The molecule has 0 atom stereocenters. The van der Waals surface area contributed by atoms with E-state index in [1.165, 1.54) is 26.7 Å². The molecule has 0 aliphatic carbocycles. The minimum absolute atomic E-state index is 0.190. The van der Waals surface area contributed by atoms with Crippen molar-refractivity contribution in [2.75, 3.05) is 13.1 Å². The van der Waals surface area contributed by atoms with Crippen molar-refractivity contribution in [3.8, 4) is 0 Å². The number of ether oxygens (including phenoxy) is 2. The molecule has 0 unspecified atom stereocenters. The Bertz CT molecular complexity index is 446. The minimum atomic E-state index is -0.328. The molecule has 0 bridgehead atoms. The predicted molar refractivity (Wildman–Crippen MR) is 108 cm³/mol. The van der Waals surface area contributed by atoms with Gasteiger partial charge < -0.3 is 14.4 Å². The number of carbonyl (C=O) groups is 3. The molecule has 1 aliphatic heterocycles. The number of carbonyl (C=O) groups excluding carboxylic acids is 3. The lowest BCUT2D eigenvalue weighted by molar-refractivity contribution is -0.153. The third kappa shape index (κ3) is 19.0. The van der Waals surface area contributed by atoms with Crippen molar-refractivity contribution in [3.63, 3.8) is 0 Å². The molecule has 0 spiro atoms. The van der Waals surface area contributed by atoms with Crippen LogP contribution in [0.4, 0.5) is 0 Å². The lowest BCUT2D eigenvalue weighted by Crippen LogP contribution is -2.37. The second-order valence-electron chi connectivity index (χ2n) is 9.66. The molecule has 6 nitrogen and oxygen atoms in total. The van der Waals surface area contributed by atoms with Gasteiger partial charge in [-0.1, -0.05) is 20.8 Å². The quantitative estimate of drug-likeness (QED) is 0.578. The first kappa shape index (κ1) is 27.6. The molecule has 160 valence electrons. The Balaban J connectivity index is 0. The molecule has 27 heavy (non-hydrogen) atoms. The molecule has 6 heteroatoms. The third-order valence-corrected chi connectivity index (χ3v) is 2.93. The van der Waals surface area contributed by atoms with E-state index in [-0.39, 0.29) is 28.6 Å². The molecule has 1 heterocycles. The van der Waals surface area contributed by atoms with Gasteiger partial charge in [0.2, 0.25) is 5.91 Å². The van der Waals surface area contributed by atoms with E-state index in [0.29, 0.717) is 5.91 Å². The van der Waals surface area contributed by atoms with Crippen molar-refractivity contribution in [3.05, 3.63) is 0 Å². The number of nitrogens with zero attached hydrogens (tertiary/aromatic N) is 1. The molecule has 0 radical (unpaired) electrons. The van der Waals surface area contributed by atoms with E-state index in [4.69, 9.17) is 9.47 Å². The van der Waals surface area contributed by atoms with Crippen molar-refractivity contribution in [1.82, 2.24) is 4.90 Å². The fraction of sp³-hybridized carbons (Fsp3) is 0.857. The highest BCUT2D eigenvalue weighted by Crippen LogP contribution is 2.20. The summed E-state index contributed by atoms with van der Waals surface area (Å²) in [5.41, 5.74) is -0.845. The predicted octanol–water partition coefficient (Wildman–Crippen LogP) is 4.35. The largest absolute Gasteiger partial charge is 0.460 e. The highest BCUT2D eigenvalue weighted by Gasteiger charge is 2.28. The average Bonchev–Trinajstić information content (AvgIpc) is 2.85. The molecule has 0 aromatic carbocycles. The molecule has 0 saturated carbocycles. The minimum Gasteiger partial charge on any atom is -0.460 e. The summed E-state index contributed by atoms with van der Waals surface area (Å²) in [5.74, 6) is -0.148. The van der Waals surface area contributed by atoms with Gasteiger partial charge in [0.1, 0.15) is 11.2 Å². The molecule has 1 saturated heterocycles. The molecule has 0 N–H and O–H groups in total. The van der Waals surface area contributed by atoms with E-state index in [1.807, 2.05) is 67.2 Å². The van der Waals surface area contributed by atoms with Crippen molar-refractivity contribution in [2.24, 2.45) is 5.41 Å². The van der Waals surface area contributed by atoms with E-state index in [2.05, 4.69) is 0 Å². The van der Waals surface area contributed by atoms with Crippen LogP contribution in [0.2, 0.25) is 0 Å². The van der Waals surface area contributed by atoms with E-state index in [0.717, 1.165) is 13.1 Å². The number of esters is 2. The van der Waals surface area contributed by atoms with Crippen LogP contribution in [0.3, 0.4) is 0 Å². The van der Waals surface area contributed by atoms with Crippen molar-refractivity contribution in [2.45, 2.75) is 100 Å². The summed E-state index contributed by atoms with van der Waals surface area (Å²) in [6.07, 6.45) is 2.36. The molecule has 1 aliphatic rings. The van der Waals surface area contributed by atoms with Crippen LogP contribution in [0.1, 0.15) is 89.0 Å². The first-order valence-electron chi connectivity index (χ1n) is 9.53. The van der Waals surface area contributed by atoms with E-state index in [9.17, 15) is 14.4 Å². The molecule has 1 rings (SSSR count). The van der Waals surface area contributed by atoms with Crippen LogP contribution in [0.25, 0.3) is 0 Å². The maximum atomic E-state index is 11.6. The van der Waals surface area contributed by atoms with E-state index >= 15 is 0 Å². The Labute approximate surface area is 166 Å². The smallest absolute Gasteiger partial charge is 0.303 e. The summed E-state index contributed by atoms with van der Waals surface area (Å²) in [6, 6.07) is 0. The van der Waals surface area contributed by atoms with Gasteiger partial charge in [-0.2, -0.15) is 0 Å². The normalized spacial score (nSPS) is 14.3. The highest BCUT2D eigenvalue weighted by molar-refractivity contribution is 5.81. The number of hydrogen-bond acceptors (Lipinski definition) is 5. The Morgan fingerprint density at radius 2 is 0.963 bits per heavy atom. The first-order valence-corrected chi connectivity index (χ1v) is 9.53. The number of amides is 1. The topological polar surface area (TPSA) is 72.9 Å². The van der Waals surface area contributed by atoms with Crippen LogP contribution in [-0.2, 0) is 23.9 Å². The van der Waals surface area contributed by atoms with Crippen LogP contribution in [0, 0.1) is 5.41 Å². The molecular formula is C21H41NO5. The van der Waals surface area contributed by atoms with E-state index < -0.39 is 0 Å². The number of likely N-dealkylation sites (tertiary alicyclic amines) is 1. The maximum absolute atomic E-state index is 11.6. The van der Waals surface area contributed by atoms with Crippen LogP contribution in [-0.4, -0.2) is 47.0 Å². The van der Waals surface area contributed by atoms with Gasteiger partial charge in [0.15, 0.2) is 0 Å². The summed E-state index contributed by atoms with van der Waals surface area (Å²) in [7, 11) is 0. The first-order chi connectivity index (χ1) is 11.8. The number of rotatable bonds is 0. The van der Waals surface area contributed by atoms with Crippen molar-refractivity contribution in [1.29, 1.82) is 0 Å². The van der Waals surface area contributed by atoms with Crippen molar-refractivity contribution < 1.29 is 23.9 Å². The molecule has 0 aromatic rings. The Kier molecular flexibility index (Phi) is 11.6. The van der Waals surface area contributed by atoms with Gasteiger partial charge >= 0.3 is 11.9 Å². The Morgan fingerprint density at radius 3 is 1.11 bits per heavy atom. The zero-order chi connectivity index (χ0) is 22.1. The summed E-state index contributed by atoms with van der Waals surface area (Å²) in [6.45, 7) is 21.7. The summed E-state index contributed by atoms with van der Waals surface area (Å²) in [5, 5.41) is 0. The lowest BCUT2D eigenvalue weighted by Gasteiger charge is -2.25. The standard InChI is InChI=1S/C9H17NO.2C6H12O2/c1-9(2,3)8(11)10-6-4-5-7-10;2*1-5(7)8-6(2,3)4/h4-7H2,1-3H3;2*1-4H3. The summed E-state index contributed by atoms with van der Waals surface area (Å²) in [4.78, 5) is 34.0. The second-order valence-corrected chi connectivity index (χ2v) is 9.66. The van der Waals surface area contributed by atoms with Crippen LogP contribution in [0.5, 0.6) is 0 Å². The number of hydrogen-bond donors (Lipinski definition) is 0. The van der Waals surface area contributed by atoms with Gasteiger partial charge in [0, 0.05) is 32.4 Å². The van der Waals surface area contributed by atoms with Crippen LogP contribution < -0.4 is 0 Å². The average molecular weight is 388 g/mol. The summed E-state index contributed by atoms with van der Waals surface area (Å²) < 4.78 is 9.60. The zero-order valence-corrected chi connectivity index (χ0v) is 19.3. The monoisotopic (exact) mass is 387 g/mol. The fourth-order valence-corrected chi connectivity index (χ4v) is 2.26. The van der Waals surface area contributed by atoms with Gasteiger partial charge in [-0.25, -0.2) is 0 Å². The molecule has 0 aromatic heterocycles. The van der Waals surface area contributed by atoms with Gasteiger partial charge in [0.05, 0.1) is 0 Å². The van der Waals surface area contributed by atoms with E-state index in [1.54, 1.807) is 0 Å². The second kappa shape index (κ2) is 11.3. The highest BCUT2D eigenvalue weighted by atomic mass is 16.6. The van der Waals surface area contributed by atoms with Gasteiger partial charge in [-0.05, 0) is 54.4 Å². The SMILES string of the molecule is CC(=O)OC(C)(C)C.CC(=O)OC(C)(C)C.CC(C)(C)C(=O)N1CCCC1. The summed E-state index contributed by atoms with van der Waals surface area (Å²) >= 11 is 0. The lowest BCUT2D eigenvalue weighted by atomic mass is 9.95. The van der Waals surface area contributed by atoms with Crippen LogP contribution in [0.15, 0.2) is 0 Å². The third-order valence-electron chi connectivity index (χ3n) is 2.93. The fourth-order valence-electron chi connectivity index (χ4n) is 2.26. The molecule has 1 fully saturated rings. The molecular weight excluding hydrogens is 346 g/mol. The van der Waals surface area contributed by atoms with Crippen molar-refractivity contribution >= 4 is 17.8 Å².